The van der Waals surface area contributed by atoms with E-state index in [1.165, 1.54) is 0 Å². The van der Waals surface area contributed by atoms with Crippen molar-refractivity contribution in [3.8, 4) is 11.5 Å². The molecule has 2 nitrogen and oxygen atoms in total. The molecule has 0 amide bonds. The molecule has 2 aromatic heterocycles. The maximum absolute atomic E-state index is 4.32. The van der Waals surface area contributed by atoms with Crippen LogP contribution in [0.5, 0.6) is 0 Å². The van der Waals surface area contributed by atoms with Crippen LogP contribution in [0.3, 0.4) is 0 Å². The van der Waals surface area contributed by atoms with Crippen molar-refractivity contribution in [1.29, 1.82) is 0 Å². The molecule has 4 heteroatoms. The van der Waals surface area contributed by atoms with Crippen LogP contribution in [-0.4, -0.2) is 17.5 Å². The second-order valence-electron chi connectivity index (χ2n) is 4.72. The van der Waals surface area contributed by atoms with Crippen LogP contribution in [0.25, 0.3) is 5.65 Å². The lowest BCUT2D eigenvalue weighted by Gasteiger charge is -2.03. The van der Waals surface area contributed by atoms with E-state index in [-0.39, 0.29) is 0 Å². The molecule has 0 spiro atoms. The normalized spacial score (nSPS) is 11.2. The van der Waals surface area contributed by atoms with Gasteiger partial charge in [0.25, 0.3) is 0 Å². The Morgan fingerprint density at radius 2 is 2.06 bits per heavy atom. The van der Waals surface area contributed by atoms with E-state index in [0.29, 0.717) is 0 Å². The number of hydrogen-bond donors (Lipinski definition) is 0. The molecule has 0 aliphatic rings. The Bertz CT molecular complexity index is 584. The van der Waals surface area contributed by atoms with Gasteiger partial charge in [-0.1, -0.05) is 25.6 Å². The molecule has 0 saturated heterocycles. The Balaban J connectivity index is 2.52. The van der Waals surface area contributed by atoms with Crippen molar-refractivity contribution in [2.24, 2.45) is 0 Å². The number of hydrogen-bond acceptors (Lipinski definition) is 1. The number of nitrogens with zero attached hydrogens (tertiary/aromatic N) is 2. The van der Waals surface area contributed by atoms with Crippen LogP contribution in [0.1, 0.15) is 5.69 Å². The Labute approximate surface area is 105 Å². The third-order valence-electron chi connectivity index (χ3n) is 2.04. The summed E-state index contributed by atoms with van der Waals surface area (Å²) in [4.78, 5) is 4.32. The molecule has 0 atom stereocenters. The van der Waals surface area contributed by atoms with Gasteiger partial charge in [-0.2, -0.15) is 0 Å². The van der Waals surface area contributed by atoms with Crippen molar-refractivity contribution in [3.63, 3.8) is 0 Å². The first-order chi connectivity index (χ1) is 7.46. The lowest BCUT2D eigenvalue weighted by atomic mass is 10.4. The van der Waals surface area contributed by atoms with Crippen molar-refractivity contribution >= 4 is 29.7 Å². The highest BCUT2D eigenvalue weighted by atomic mass is 79.9. The zero-order valence-electron chi connectivity index (χ0n) is 9.58. The van der Waals surface area contributed by atoms with Gasteiger partial charge >= 0.3 is 0 Å². The monoisotopic (exact) mass is 292 g/mol. The number of halogens is 1. The average molecular weight is 293 g/mol. The predicted molar refractivity (Wildman–Crippen MR) is 73.1 cm³/mol. The Kier molecular flexibility index (Phi) is 2.91. The van der Waals surface area contributed by atoms with Gasteiger partial charge in [0, 0.05) is 10.7 Å². The Morgan fingerprint density at radius 1 is 1.31 bits per heavy atom. The van der Waals surface area contributed by atoms with E-state index in [9.17, 15) is 0 Å². The minimum Gasteiger partial charge on any atom is -0.292 e. The minimum atomic E-state index is -1.33. The highest BCUT2D eigenvalue weighted by Crippen LogP contribution is 2.13. The van der Waals surface area contributed by atoms with Crippen molar-refractivity contribution in [1.82, 2.24) is 9.38 Å². The summed E-state index contributed by atoms with van der Waals surface area (Å²) in [6, 6.07) is 3.96. The van der Waals surface area contributed by atoms with Crippen LogP contribution < -0.4 is 0 Å². The first kappa shape index (κ1) is 11.4. The molecule has 0 unspecified atom stereocenters. The minimum absolute atomic E-state index is 0.933. The maximum atomic E-state index is 4.32. The summed E-state index contributed by atoms with van der Waals surface area (Å²) in [5, 5.41) is 0. The van der Waals surface area contributed by atoms with Crippen molar-refractivity contribution < 1.29 is 0 Å². The van der Waals surface area contributed by atoms with Gasteiger partial charge in [0.2, 0.25) is 0 Å². The molecule has 0 saturated carbocycles. The number of fused-ring (bicyclic) bond motifs is 1. The fraction of sp³-hybridized carbons (Fsp3) is 0.250. The van der Waals surface area contributed by atoms with Crippen LogP contribution in [0.4, 0.5) is 0 Å². The molecule has 2 rings (SSSR count). The summed E-state index contributed by atoms with van der Waals surface area (Å²) in [6.45, 7) is 6.71. The molecule has 2 aromatic rings. The summed E-state index contributed by atoms with van der Waals surface area (Å²) in [5.41, 5.74) is 5.24. The molecule has 2 heterocycles. The summed E-state index contributed by atoms with van der Waals surface area (Å²) in [7, 11) is -1.33. The molecule has 16 heavy (non-hydrogen) atoms. The van der Waals surface area contributed by atoms with Gasteiger partial charge in [0.05, 0.1) is 6.20 Å². The molecule has 0 fully saturated rings. The largest absolute Gasteiger partial charge is 0.292 e. The Morgan fingerprint density at radius 3 is 2.75 bits per heavy atom. The van der Waals surface area contributed by atoms with E-state index in [4.69, 9.17) is 0 Å². The lowest BCUT2D eigenvalue weighted by molar-refractivity contribution is 1.15. The second-order valence-corrected chi connectivity index (χ2v) is 10.4. The smallest absolute Gasteiger partial charge is 0.137 e. The fourth-order valence-electron chi connectivity index (χ4n) is 1.30. The van der Waals surface area contributed by atoms with Crippen LogP contribution >= 0.6 is 15.9 Å². The van der Waals surface area contributed by atoms with Crippen LogP contribution in [0, 0.1) is 11.5 Å². The summed E-state index contributed by atoms with van der Waals surface area (Å²) < 4.78 is 3.05. The molecule has 0 aliphatic heterocycles. The summed E-state index contributed by atoms with van der Waals surface area (Å²) >= 11 is 3.45. The zero-order chi connectivity index (χ0) is 11.8. The zero-order valence-corrected chi connectivity index (χ0v) is 12.2. The average Bonchev–Trinajstić information content (AvgIpc) is 2.56. The number of imidazole rings is 1. The molecule has 0 aromatic carbocycles. The third kappa shape index (κ3) is 2.54. The molecule has 0 radical (unpaired) electrons. The topological polar surface area (TPSA) is 17.3 Å². The number of aromatic nitrogens is 2. The van der Waals surface area contributed by atoms with Gasteiger partial charge in [-0.15, -0.1) is 5.54 Å². The summed E-state index contributed by atoms with van der Waals surface area (Å²) in [6.07, 6.45) is 3.82. The van der Waals surface area contributed by atoms with Gasteiger partial charge in [-0.25, -0.2) is 4.98 Å². The summed E-state index contributed by atoms with van der Waals surface area (Å²) in [5.74, 6) is 3.23. The van der Waals surface area contributed by atoms with E-state index in [1.54, 1.807) is 0 Å². The molecular formula is C12H13BrN2Si. The van der Waals surface area contributed by atoms with Crippen LogP contribution in [0.2, 0.25) is 19.6 Å². The first-order valence-electron chi connectivity index (χ1n) is 5.11. The van der Waals surface area contributed by atoms with E-state index in [0.717, 1.165) is 15.8 Å². The lowest BCUT2D eigenvalue weighted by Crippen LogP contribution is -2.16. The van der Waals surface area contributed by atoms with Crippen molar-refractivity contribution in [2.75, 3.05) is 0 Å². The fourth-order valence-corrected chi connectivity index (χ4v) is 2.14. The van der Waals surface area contributed by atoms with Gasteiger partial charge in [-0.3, -0.25) is 4.40 Å². The third-order valence-corrected chi connectivity index (χ3v) is 3.38. The van der Waals surface area contributed by atoms with E-state index in [2.05, 4.69) is 52.0 Å². The van der Waals surface area contributed by atoms with Gasteiger partial charge in [-0.05, 0) is 28.1 Å². The highest BCUT2D eigenvalue weighted by molar-refractivity contribution is 9.10. The molecule has 0 aliphatic carbocycles. The van der Waals surface area contributed by atoms with Crippen LogP contribution in [0.15, 0.2) is 29.0 Å². The quantitative estimate of drug-likeness (QED) is 0.538. The van der Waals surface area contributed by atoms with E-state index >= 15 is 0 Å². The van der Waals surface area contributed by atoms with Crippen LogP contribution in [-0.2, 0) is 0 Å². The molecule has 0 N–H and O–H groups in total. The van der Waals surface area contributed by atoms with Crippen molar-refractivity contribution in [3.05, 3.63) is 34.7 Å². The molecule has 82 valence electrons. The van der Waals surface area contributed by atoms with E-state index in [1.807, 2.05) is 28.9 Å². The SMILES string of the molecule is C[Si](C)(C)C#Cc1cnc2ccc(Br)cn12. The van der Waals surface area contributed by atoms with Gasteiger partial charge in [0.1, 0.15) is 19.4 Å². The second kappa shape index (κ2) is 4.08. The number of pyridine rings is 1. The Hall–Kier alpha value is -1.05. The molecule has 0 bridgehead atoms. The van der Waals surface area contributed by atoms with Gasteiger partial charge < -0.3 is 0 Å². The molecular weight excluding hydrogens is 280 g/mol. The number of rotatable bonds is 0. The highest BCUT2D eigenvalue weighted by Gasteiger charge is 2.08. The predicted octanol–water partition coefficient (Wildman–Crippen LogP) is 3.33. The van der Waals surface area contributed by atoms with Crippen molar-refractivity contribution in [2.45, 2.75) is 19.6 Å². The standard InChI is InChI=1S/C12H13BrN2Si/c1-16(2,3)7-6-11-8-14-12-5-4-10(13)9-15(11)12/h4-5,8-9H,1-3H3. The van der Waals surface area contributed by atoms with E-state index < -0.39 is 8.07 Å². The maximum Gasteiger partial charge on any atom is 0.137 e. The van der Waals surface area contributed by atoms with Gasteiger partial charge in [0.15, 0.2) is 0 Å². The first-order valence-corrected chi connectivity index (χ1v) is 9.41.